The van der Waals surface area contributed by atoms with Gasteiger partial charge in [-0.2, -0.15) is 5.10 Å². The number of halogens is 3. The Morgan fingerprint density at radius 2 is 1.78 bits per heavy atom. The predicted octanol–water partition coefficient (Wildman–Crippen LogP) is 5.66. The number of hydrogen-bond donors (Lipinski definition) is 1. The van der Waals surface area contributed by atoms with Gasteiger partial charge in [0.2, 0.25) is 0 Å². The maximum absolute atomic E-state index is 13.7. The van der Waals surface area contributed by atoms with Gasteiger partial charge in [0.1, 0.15) is 17.1 Å². The van der Waals surface area contributed by atoms with Crippen molar-refractivity contribution in [3.05, 3.63) is 89.0 Å². The number of amides is 1. The number of carbonyl (C=O) groups excluding carboxylic acids is 1. The zero-order valence-corrected chi connectivity index (χ0v) is 17.5. The first-order valence-electron chi connectivity index (χ1n) is 10.2. The lowest BCUT2D eigenvalue weighted by Gasteiger charge is -2.17. The van der Waals surface area contributed by atoms with E-state index < -0.39 is 23.8 Å². The molecule has 0 fully saturated rings. The van der Waals surface area contributed by atoms with E-state index in [1.807, 2.05) is 38.1 Å². The van der Waals surface area contributed by atoms with Gasteiger partial charge in [0.15, 0.2) is 5.65 Å². The second-order valence-corrected chi connectivity index (χ2v) is 7.51. The van der Waals surface area contributed by atoms with Gasteiger partial charge in [0, 0.05) is 5.56 Å². The number of alkyl halides is 2. The highest BCUT2D eigenvalue weighted by Crippen LogP contribution is 2.27. The summed E-state index contributed by atoms with van der Waals surface area (Å²) >= 11 is 0. The second kappa shape index (κ2) is 8.82. The number of nitrogens with zero attached hydrogens (tertiary/aromatic N) is 3. The summed E-state index contributed by atoms with van der Waals surface area (Å²) in [6, 6.07) is 14.1. The molecule has 8 heteroatoms. The summed E-state index contributed by atoms with van der Waals surface area (Å²) in [6.45, 7) is 3.92. The number of aryl methyl sites for hydroxylation is 1. The smallest absolute Gasteiger partial charge is 0.280 e. The second-order valence-electron chi connectivity index (χ2n) is 7.51. The quantitative estimate of drug-likeness (QED) is 0.422. The standard InChI is InChI=1S/C24H21F3N4O/c1-3-19(15-6-4-14(2)5-7-15)30-24(32)18-13-28-31-21(22(26)27)12-20(29-23(18)31)16-8-10-17(25)11-9-16/h4-13,19,22H,3H2,1-2H3,(H,30,32). The number of carbonyl (C=O) groups is 1. The molecular weight excluding hydrogens is 417 g/mol. The van der Waals surface area contributed by atoms with Crippen LogP contribution in [-0.4, -0.2) is 20.5 Å². The summed E-state index contributed by atoms with van der Waals surface area (Å²) in [5.41, 5.74) is 2.40. The molecule has 1 unspecified atom stereocenters. The Hall–Kier alpha value is -3.68. The van der Waals surface area contributed by atoms with Crippen LogP contribution in [0.25, 0.3) is 16.9 Å². The Balaban J connectivity index is 1.74. The Morgan fingerprint density at radius 3 is 2.41 bits per heavy atom. The Kier molecular flexibility index (Phi) is 5.94. The van der Waals surface area contributed by atoms with Crippen molar-refractivity contribution in [1.29, 1.82) is 0 Å². The van der Waals surface area contributed by atoms with E-state index in [1.54, 1.807) is 0 Å². The highest BCUT2D eigenvalue weighted by molar-refractivity contribution is 6.00. The largest absolute Gasteiger partial charge is 0.345 e. The number of benzene rings is 2. The number of aromatic nitrogens is 3. The van der Waals surface area contributed by atoms with Crippen LogP contribution < -0.4 is 5.32 Å². The molecule has 1 atom stereocenters. The van der Waals surface area contributed by atoms with Crippen molar-refractivity contribution in [1.82, 2.24) is 19.9 Å². The molecule has 0 aliphatic heterocycles. The molecule has 32 heavy (non-hydrogen) atoms. The van der Waals surface area contributed by atoms with Gasteiger partial charge in [0.05, 0.1) is 17.9 Å². The fourth-order valence-corrected chi connectivity index (χ4v) is 3.53. The topological polar surface area (TPSA) is 59.3 Å². The van der Waals surface area contributed by atoms with Crippen LogP contribution >= 0.6 is 0 Å². The van der Waals surface area contributed by atoms with Crippen molar-refractivity contribution in [2.45, 2.75) is 32.7 Å². The van der Waals surface area contributed by atoms with E-state index in [0.29, 0.717) is 12.0 Å². The normalized spacial score (nSPS) is 12.3. The molecule has 4 aromatic rings. The lowest BCUT2D eigenvalue weighted by atomic mass is 10.0. The summed E-state index contributed by atoms with van der Waals surface area (Å²) in [5, 5.41) is 6.92. The Labute approximate surface area is 182 Å². The maximum Gasteiger partial charge on any atom is 0.280 e. The molecule has 164 valence electrons. The van der Waals surface area contributed by atoms with E-state index in [9.17, 15) is 18.0 Å². The van der Waals surface area contributed by atoms with Gasteiger partial charge >= 0.3 is 0 Å². The van der Waals surface area contributed by atoms with Crippen LogP contribution in [0.2, 0.25) is 0 Å². The highest BCUT2D eigenvalue weighted by atomic mass is 19.3. The average molecular weight is 438 g/mol. The summed E-state index contributed by atoms with van der Waals surface area (Å²) in [5.74, 6) is -0.911. The van der Waals surface area contributed by atoms with Crippen molar-refractivity contribution in [3.63, 3.8) is 0 Å². The van der Waals surface area contributed by atoms with E-state index in [-0.39, 0.29) is 22.9 Å². The van der Waals surface area contributed by atoms with E-state index in [2.05, 4.69) is 15.4 Å². The van der Waals surface area contributed by atoms with Gasteiger partial charge in [0.25, 0.3) is 12.3 Å². The van der Waals surface area contributed by atoms with Crippen LogP contribution in [0.5, 0.6) is 0 Å². The minimum atomic E-state index is -2.84. The maximum atomic E-state index is 13.7. The number of nitrogens with one attached hydrogen (secondary N) is 1. The van der Waals surface area contributed by atoms with Gasteiger partial charge in [-0.15, -0.1) is 0 Å². The average Bonchev–Trinajstić information content (AvgIpc) is 3.22. The Bertz CT molecular complexity index is 1250. The molecule has 0 saturated carbocycles. The summed E-state index contributed by atoms with van der Waals surface area (Å²) < 4.78 is 41.7. The summed E-state index contributed by atoms with van der Waals surface area (Å²) in [7, 11) is 0. The van der Waals surface area contributed by atoms with E-state index in [0.717, 1.165) is 15.6 Å². The molecule has 1 amide bonds. The first-order chi connectivity index (χ1) is 15.4. The van der Waals surface area contributed by atoms with E-state index in [4.69, 9.17) is 0 Å². The van der Waals surface area contributed by atoms with Gasteiger partial charge in [-0.25, -0.2) is 22.7 Å². The lowest BCUT2D eigenvalue weighted by Crippen LogP contribution is -2.28. The molecule has 2 heterocycles. The first kappa shape index (κ1) is 21.5. The molecular formula is C24H21F3N4O. The van der Waals surface area contributed by atoms with Crippen LogP contribution in [0.4, 0.5) is 13.2 Å². The zero-order valence-electron chi connectivity index (χ0n) is 17.5. The predicted molar refractivity (Wildman–Crippen MR) is 115 cm³/mol. The molecule has 4 rings (SSSR count). The molecule has 2 aromatic carbocycles. The fraction of sp³-hybridized carbons (Fsp3) is 0.208. The van der Waals surface area contributed by atoms with Crippen LogP contribution in [0.1, 0.15) is 53.0 Å². The highest BCUT2D eigenvalue weighted by Gasteiger charge is 2.23. The third-order valence-electron chi connectivity index (χ3n) is 5.30. The van der Waals surface area contributed by atoms with Gasteiger partial charge in [-0.05, 0) is 49.2 Å². The molecule has 0 spiro atoms. The monoisotopic (exact) mass is 438 g/mol. The Morgan fingerprint density at radius 1 is 1.09 bits per heavy atom. The van der Waals surface area contributed by atoms with E-state index >= 15 is 0 Å². The van der Waals surface area contributed by atoms with Crippen LogP contribution in [0.15, 0.2) is 60.8 Å². The molecule has 0 bridgehead atoms. The summed E-state index contributed by atoms with van der Waals surface area (Å²) in [6.07, 6.45) is -0.962. The molecule has 0 aliphatic carbocycles. The van der Waals surface area contributed by atoms with E-state index in [1.165, 1.54) is 36.5 Å². The molecule has 0 aliphatic rings. The SMILES string of the molecule is CCC(NC(=O)c1cnn2c(C(F)F)cc(-c3ccc(F)cc3)nc12)c1ccc(C)cc1. The molecule has 2 aromatic heterocycles. The molecule has 5 nitrogen and oxygen atoms in total. The minimum absolute atomic E-state index is 0.0124. The third kappa shape index (κ3) is 4.21. The minimum Gasteiger partial charge on any atom is -0.345 e. The third-order valence-corrected chi connectivity index (χ3v) is 5.30. The number of rotatable bonds is 6. The fourth-order valence-electron chi connectivity index (χ4n) is 3.53. The van der Waals surface area contributed by atoms with Crippen molar-refractivity contribution < 1.29 is 18.0 Å². The zero-order chi connectivity index (χ0) is 22.8. The molecule has 0 saturated heterocycles. The lowest BCUT2D eigenvalue weighted by molar-refractivity contribution is 0.0936. The van der Waals surface area contributed by atoms with Gasteiger partial charge in [-0.3, -0.25) is 4.79 Å². The van der Waals surface area contributed by atoms with Crippen molar-refractivity contribution in [2.24, 2.45) is 0 Å². The van der Waals surface area contributed by atoms with Crippen LogP contribution in [-0.2, 0) is 0 Å². The van der Waals surface area contributed by atoms with Crippen molar-refractivity contribution in [2.75, 3.05) is 0 Å². The molecule has 0 radical (unpaired) electrons. The van der Waals surface area contributed by atoms with Gasteiger partial charge in [-0.1, -0.05) is 36.8 Å². The molecule has 1 N–H and O–H groups in total. The number of hydrogen-bond acceptors (Lipinski definition) is 3. The first-order valence-corrected chi connectivity index (χ1v) is 10.2. The van der Waals surface area contributed by atoms with Crippen LogP contribution in [0.3, 0.4) is 0 Å². The van der Waals surface area contributed by atoms with Crippen molar-refractivity contribution in [3.8, 4) is 11.3 Å². The van der Waals surface area contributed by atoms with Crippen molar-refractivity contribution >= 4 is 11.6 Å². The number of fused-ring (bicyclic) bond motifs is 1. The summed E-state index contributed by atoms with van der Waals surface area (Å²) in [4.78, 5) is 17.5. The van der Waals surface area contributed by atoms with Gasteiger partial charge < -0.3 is 5.32 Å². The van der Waals surface area contributed by atoms with Crippen LogP contribution in [0, 0.1) is 12.7 Å².